The van der Waals surface area contributed by atoms with Crippen molar-refractivity contribution in [3.63, 3.8) is 0 Å². The summed E-state index contributed by atoms with van der Waals surface area (Å²) in [6, 6.07) is 12.8. The molecule has 0 fully saturated rings. The first-order valence-electron chi connectivity index (χ1n) is 9.46. The van der Waals surface area contributed by atoms with Crippen LogP contribution in [-0.4, -0.2) is 27.2 Å². The Balaban J connectivity index is 1.42. The van der Waals surface area contributed by atoms with E-state index in [0.717, 1.165) is 16.9 Å². The van der Waals surface area contributed by atoms with Crippen LogP contribution in [0.3, 0.4) is 0 Å². The SMILES string of the molecule is CCOc1ccc(CNC(=O)c2nc(Cn3c(=O)oc4ccc(C)cc43)no2)cc1. The topological polar surface area (TPSA) is 112 Å². The third-order valence-electron chi connectivity index (χ3n) is 4.47. The molecule has 0 atom stereocenters. The molecule has 0 aliphatic carbocycles. The lowest BCUT2D eigenvalue weighted by molar-refractivity contribution is 0.0907. The predicted molar refractivity (Wildman–Crippen MR) is 107 cm³/mol. The number of hydrogen-bond donors (Lipinski definition) is 1. The van der Waals surface area contributed by atoms with Gasteiger partial charge in [0, 0.05) is 6.54 Å². The maximum absolute atomic E-state index is 12.3. The third kappa shape index (κ3) is 4.09. The fourth-order valence-corrected chi connectivity index (χ4v) is 3.00. The number of ether oxygens (including phenoxy) is 1. The van der Waals surface area contributed by atoms with Gasteiger partial charge in [0.2, 0.25) is 0 Å². The summed E-state index contributed by atoms with van der Waals surface area (Å²) in [6.07, 6.45) is 0. The van der Waals surface area contributed by atoms with Crippen molar-refractivity contribution in [3.8, 4) is 5.75 Å². The quantitative estimate of drug-likeness (QED) is 0.500. The highest BCUT2D eigenvalue weighted by Crippen LogP contribution is 2.16. The minimum atomic E-state index is -0.526. The van der Waals surface area contributed by atoms with Gasteiger partial charge >= 0.3 is 17.6 Å². The first-order chi connectivity index (χ1) is 14.5. The number of rotatable bonds is 7. The number of amides is 1. The van der Waals surface area contributed by atoms with Gasteiger partial charge < -0.3 is 19.0 Å². The average Bonchev–Trinajstić information content (AvgIpc) is 3.33. The van der Waals surface area contributed by atoms with Gasteiger partial charge in [-0.05, 0) is 49.2 Å². The normalized spacial score (nSPS) is 11.0. The third-order valence-corrected chi connectivity index (χ3v) is 4.47. The number of hydrogen-bond acceptors (Lipinski definition) is 7. The van der Waals surface area contributed by atoms with Gasteiger partial charge in [-0.15, -0.1) is 0 Å². The van der Waals surface area contributed by atoms with Crippen LogP contribution < -0.4 is 15.8 Å². The summed E-state index contributed by atoms with van der Waals surface area (Å²) in [5.74, 6) is -0.225. The van der Waals surface area contributed by atoms with E-state index in [1.54, 1.807) is 6.07 Å². The fraction of sp³-hybridized carbons (Fsp3) is 0.238. The Morgan fingerprint density at radius 1 is 1.20 bits per heavy atom. The molecule has 9 heteroatoms. The van der Waals surface area contributed by atoms with Crippen molar-refractivity contribution in [3.05, 3.63) is 75.9 Å². The largest absolute Gasteiger partial charge is 0.494 e. The molecule has 9 nitrogen and oxygen atoms in total. The lowest BCUT2D eigenvalue weighted by Gasteiger charge is -2.05. The highest BCUT2D eigenvalue weighted by molar-refractivity contribution is 5.89. The molecule has 154 valence electrons. The number of nitrogens with one attached hydrogen (secondary N) is 1. The average molecular weight is 408 g/mol. The molecule has 1 amide bonds. The summed E-state index contributed by atoms with van der Waals surface area (Å²) in [5.41, 5.74) is 2.99. The number of oxazole rings is 1. The molecule has 4 rings (SSSR count). The van der Waals surface area contributed by atoms with E-state index in [-0.39, 0.29) is 18.3 Å². The first kappa shape index (κ1) is 19.4. The van der Waals surface area contributed by atoms with Crippen molar-refractivity contribution in [2.45, 2.75) is 26.9 Å². The Morgan fingerprint density at radius 2 is 2.00 bits per heavy atom. The summed E-state index contributed by atoms with van der Waals surface area (Å²) in [6.45, 7) is 4.76. The van der Waals surface area contributed by atoms with E-state index in [1.165, 1.54) is 4.57 Å². The van der Waals surface area contributed by atoms with E-state index in [4.69, 9.17) is 13.7 Å². The van der Waals surface area contributed by atoms with Crippen molar-refractivity contribution in [2.24, 2.45) is 0 Å². The fourth-order valence-electron chi connectivity index (χ4n) is 3.00. The van der Waals surface area contributed by atoms with Gasteiger partial charge in [0.25, 0.3) is 0 Å². The van der Waals surface area contributed by atoms with Crippen LogP contribution in [0.4, 0.5) is 0 Å². The van der Waals surface area contributed by atoms with Crippen molar-refractivity contribution in [2.75, 3.05) is 6.61 Å². The smallest absolute Gasteiger partial charge is 0.420 e. The van der Waals surface area contributed by atoms with E-state index in [9.17, 15) is 9.59 Å². The number of fused-ring (bicyclic) bond motifs is 1. The number of aromatic nitrogens is 3. The van der Waals surface area contributed by atoms with Crippen LogP contribution in [0, 0.1) is 6.92 Å². The highest BCUT2D eigenvalue weighted by Gasteiger charge is 2.17. The molecule has 0 spiro atoms. The molecule has 0 saturated carbocycles. The van der Waals surface area contributed by atoms with E-state index >= 15 is 0 Å². The molecule has 2 aromatic carbocycles. The minimum absolute atomic E-state index is 0.0327. The van der Waals surface area contributed by atoms with Crippen molar-refractivity contribution in [1.29, 1.82) is 0 Å². The molecular formula is C21H20N4O5. The molecule has 0 bridgehead atoms. The molecule has 0 unspecified atom stereocenters. The summed E-state index contributed by atoms with van der Waals surface area (Å²) in [5, 5.41) is 6.53. The van der Waals surface area contributed by atoms with E-state index < -0.39 is 11.7 Å². The first-order valence-corrected chi connectivity index (χ1v) is 9.46. The maximum atomic E-state index is 12.3. The molecule has 4 aromatic rings. The van der Waals surface area contributed by atoms with Gasteiger partial charge in [-0.1, -0.05) is 23.4 Å². The Hall–Kier alpha value is -3.88. The summed E-state index contributed by atoms with van der Waals surface area (Å²) >= 11 is 0. The zero-order valence-corrected chi connectivity index (χ0v) is 16.5. The second-order valence-corrected chi connectivity index (χ2v) is 6.70. The molecule has 30 heavy (non-hydrogen) atoms. The molecule has 1 N–H and O–H groups in total. The van der Waals surface area contributed by atoms with Gasteiger partial charge in [0.05, 0.1) is 18.7 Å². The van der Waals surface area contributed by atoms with E-state index in [0.29, 0.717) is 24.3 Å². The molecular weight excluding hydrogens is 388 g/mol. The van der Waals surface area contributed by atoms with Gasteiger partial charge in [-0.2, -0.15) is 4.98 Å². The van der Waals surface area contributed by atoms with Gasteiger partial charge in [0.1, 0.15) is 5.75 Å². The van der Waals surface area contributed by atoms with Crippen LogP contribution in [0.1, 0.15) is 34.6 Å². The Kier molecular flexibility index (Phi) is 5.34. The van der Waals surface area contributed by atoms with Gasteiger partial charge in [-0.3, -0.25) is 9.36 Å². The van der Waals surface area contributed by atoms with Crippen LogP contribution in [0.15, 0.2) is 56.2 Å². The minimum Gasteiger partial charge on any atom is -0.494 e. The number of carbonyl (C=O) groups is 1. The zero-order valence-electron chi connectivity index (χ0n) is 16.5. The number of nitrogens with zero attached hydrogens (tertiary/aromatic N) is 3. The van der Waals surface area contributed by atoms with Crippen molar-refractivity contribution >= 4 is 17.0 Å². The van der Waals surface area contributed by atoms with E-state index in [1.807, 2.05) is 50.2 Å². The number of carbonyl (C=O) groups excluding carboxylic acids is 1. The van der Waals surface area contributed by atoms with Crippen molar-refractivity contribution < 1.29 is 18.5 Å². The van der Waals surface area contributed by atoms with Gasteiger partial charge in [-0.25, -0.2) is 4.79 Å². The molecule has 0 aliphatic heterocycles. The van der Waals surface area contributed by atoms with Gasteiger partial charge in [0.15, 0.2) is 11.4 Å². The summed E-state index contributed by atoms with van der Waals surface area (Å²) in [7, 11) is 0. The summed E-state index contributed by atoms with van der Waals surface area (Å²) in [4.78, 5) is 28.5. The lowest BCUT2D eigenvalue weighted by Crippen LogP contribution is -2.23. The van der Waals surface area contributed by atoms with Crippen LogP contribution in [-0.2, 0) is 13.1 Å². The van der Waals surface area contributed by atoms with Crippen LogP contribution in [0.25, 0.3) is 11.1 Å². The second kappa shape index (κ2) is 8.24. The molecule has 0 saturated heterocycles. The summed E-state index contributed by atoms with van der Waals surface area (Å²) < 4.78 is 17.1. The Bertz CT molecular complexity index is 1240. The monoisotopic (exact) mass is 408 g/mol. The zero-order chi connectivity index (χ0) is 21.1. The number of aryl methyl sites for hydroxylation is 1. The molecule has 0 radical (unpaired) electrons. The highest BCUT2D eigenvalue weighted by atomic mass is 16.5. The molecule has 2 heterocycles. The predicted octanol–water partition coefficient (Wildman–Crippen LogP) is 2.66. The Labute approximate surface area is 171 Å². The molecule has 2 aromatic heterocycles. The van der Waals surface area contributed by atoms with Crippen molar-refractivity contribution in [1.82, 2.24) is 20.0 Å². The second-order valence-electron chi connectivity index (χ2n) is 6.70. The van der Waals surface area contributed by atoms with E-state index in [2.05, 4.69) is 15.5 Å². The number of benzene rings is 2. The Morgan fingerprint density at radius 3 is 2.77 bits per heavy atom. The standard InChI is InChI=1S/C21H20N4O5/c1-3-28-15-7-5-14(6-8-15)11-22-19(26)20-23-18(24-30-20)12-25-16-10-13(2)4-9-17(16)29-21(25)27/h4-10H,3,11-12H2,1-2H3,(H,22,26). The van der Waals surface area contributed by atoms with Crippen LogP contribution in [0.2, 0.25) is 0 Å². The lowest BCUT2D eigenvalue weighted by atomic mass is 10.2. The van der Waals surface area contributed by atoms with Crippen LogP contribution in [0.5, 0.6) is 5.75 Å². The maximum Gasteiger partial charge on any atom is 0.420 e. The molecule has 0 aliphatic rings. The van der Waals surface area contributed by atoms with Crippen LogP contribution >= 0.6 is 0 Å².